The predicted octanol–water partition coefficient (Wildman–Crippen LogP) is 4.94. The van der Waals surface area contributed by atoms with Crippen molar-refractivity contribution in [3.63, 3.8) is 0 Å². The highest BCUT2D eigenvalue weighted by Crippen LogP contribution is 2.31. The average Bonchev–Trinajstić information content (AvgIpc) is 2.46. The van der Waals surface area contributed by atoms with Gasteiger partial charge in [-0.15, -0.1) is 13.2 Å². The van der Waals surface area contributed by atoms with Crippen LogP contribution in [0.4, 0.5) is 13.2 Å². The standard InChI is InChI=1S/C18H19F3O2/c1-12(2)9-13-3-5-14(6-4-13)15-7-8-17(16(10-15)11-22)23-18(19,20)21/h3-8,10,12,22H,9,11H2,1-2H3. The lowest BCUT2D eigenvalue weighted by molar-refractivity contribution is -0.275. The van der Waals surface area contributed by atoms with Crippen LogP contribution in [-0.4, -0.2) is 11.5 Å². The molecule has 0 aromatic heterocycles. The maximum Gasteiger partial charge on any atom is 0.573 e. The molecule has 1 N–H and O–H groups in total. The molecule has 0 aliphatic carbocycles. The van der Waals surface area contributed by atoms with Crippen molar-refractivity contribution in [2.24, 2.45) is 5.92 Å². The van der Waals surface area contributed by atoms with Crippen molar-refractivity contribution in [3.8, 4) is 16.9 Å². The zero-order chi connectivity index (χ0) is 17.0. The van der Waals surface area contributed by atoms with E-state index in [1.54, 1.807) is 6.07 Å². The highest BCUT2D eigenvalue weighted by molar-refractivity contribution is 5.66. The van der Waals surface area contributed by atoms with Gasteiger partial charge >= 0.3 is 6.36 Å². The van der Waals surface area contributed by atoms with E-state index in [-0.39, 0.29) is 11.3 Å². The van der Waals surface area contributed by atoms with Gasteiger partial charge in [-0.2, -0.15) is 0 Å². The van der Waals surface area contributed by atoms with Crippen LogP contribution < -0.4 is 4.74 Å². The van der Waals surface area contributed by atoms with Gasteiger partial charge in [-0.25, -0.2) is 0 Å². The van der Waals surface area contributed by atoms with Gasteiger partial charge < -0.3 is 9.84 Å². The monoisotopic (exact) mass is 324 g/mol. The van der Waals surface area contributed by atoms with Gasteiger partial charge in [-0.3, -0.25) is 0 Å². The molecular weight excluding hydrogens is 305 g/mol. The Bertz CT molecular complexity index is 646. The van der Waals surface area contributed by atoms with Crippen molar-refractivity contribution in [2.75, 3.05) is 0 Å². The minimum atomic E-state index is -4.77. The van der Waals surface area contributed by atoms with E-state index in [0.29, 0.717) is 5.92 Å². The van der Waals surface area contributed by atoms with Gasteiger partial charge in [0.15, 0.2) is 0 Å². The molecular formula is C18H19F3O2. The number of alkyl halides is 3. The molecule has 0 bridgehead atoms. The largest absolute Gasteiger partial charge is 0.573 e. The van der Waals surface area contributed by atoms with Crippen molar-refractivity contribution in [2.45, 2.75) is 33.2 Å². The minimum Gasteiger partial charge on any atom is -0.405 e. The average molecular weight is 324 g/mol. The predicted molar refractivity (Wildman–Crippen MR) is 83.0 cm³/mol. The molecule has 2 nitrogen and oxygen atoms in total. The minimum absolute atomic E-state index is 0.103. The second kappa shape index (κ2) is 7.04. The second-order valence-electron chi connectivity index (χ2n) is 5.82. The van der Waals surface area contributed by atoms with E-state index in [1.807, 2.05) is 24.3 Å². The first kappa shape index (κ1) is 17.3. The molecule has 0 saturated carbocycles. The number of aliphatic hydroxyl groups excluding tert-OH is 1. The summed E-state index contributed by atoms with van der Waals surface area (Å²) in [5.74, 6) is 0.181. The summed E-state index contributed by atoms with van der Waals surface area (Å²) in [5.41, 5.74) is 2.93. The topological polar surface area (TPSA) is 29.5 Å². The molecule has 2 aromatic rings. The van der Waals surface area contributed by atoms with E-state index >= 15 is 0 Å². The third kappa shape index (κ3) is 4.99. The van der Waals surface area contributed by atoms with Crippen molar-refractivity contribution >= 4 is 0 Å². The lowest BCUT2D eigenvalue weighted by Gasteiger charge is -2.14. The van der Waals surface area contributed by atoms with Crippen LogP contribution in [-0.2, 0) is 13.0 Å². The first-order chi connectivity index (χ1) is 10.8. The summed E-state index contributed by atoms with van der Waals surface area (Å²) in [5, 5.41) is 9.28. The highest BCUT2D eigenvalue weighted by Gasteiger charge is 2.32. The van der Waals surface area contributed by atoms with Crippen LogP contribution in [0.1, 0.15) is 25.0 Å². The first-order valence-electron chi connectivity index (χ1n) is 7.37. The van der Waals surface area contributed by atoms with Crippen LogP contribution >= 0.6 is 0 Å². The third-order valence-electron chi connectivity index (χ3n) is 3.39. The lowest BCUT2D eigenvalue weighted by Crippen LogP contribution is -2.18. The summed E-state index contributed by atoms with van der Waals surface area (Å²) in [6.07, 6.45) is -3.80. The molecule has 0 aliphatic heterocycles. The summed E-state index contributed by atoms with van der Waals surface area (Å²) in [7, 11) is 0. The molecule has 0 saturated heterocycles. The Balaban J connectivity index is 2.26. The van der Waals surface area contributed by atoms with E-state index in [2.05, 4.69) is 18.6 Å². The number of rotatable bonds is 5. The van der Waals surface area contributed by atoms with Crippen LogP contribution in [0.2, 0.25) is 0 Å². The van der Waals surface area contributed by atoms with Crippen LogP contribution in [0.25, 0.3) is 11.1 Å². The normalized spacial score (nSPS) is 11.8. The van der Waals surface area contributed by atoms with E-state index < -0.39 is 13.0 Å². The van der Waals surface area contributed by atoms with E-state index in [9.17, 15) is 18.3 Å². The molecule has 2 rings (SSSR count). The number of benzene rings is 2. The molecule has 0 amide bonds. The maximum absolute atomic E-state index is 12.3. The highest BCUT2D eigenvalue weighted by atomic mass is 19.4. The summed E-state index contributed by atoms with van der Waals surface area (Å²) in [6.45, 7) is 3.76. The van der Waals surface area contributed by atoms with Crippen molar-refractivity contribution < 1.29 is 23.0 Å². The van der Waals surface area contributed by atoms with Gasteiger partial charge in [0.1, 0.15) is 5.75 Å². The molecule has 0 aliphatic rings. The van der Waals surface area contributed by atoms with Crippen molar-refractivity contribution in [3.05, 3.63) is 53.6 Å². The van der Waals surface area contributed by atoms with Gasteiger partial charge in [0.05, 0.1) is 6.61 Å². The Morgan fingerprint density at radius 1 is 1.00 bits per heavy atom. The van der Waals surface area contributed by atoms with Gasteiger partial charge in [0.25, 0.3) is 0 Å². The zero-order valence-corrected chi connectivity index (χ0v) is 13.0. The number of halogens is 3. The Morgan fingerprint density at radius 3 is 2.13 bits per heavy atom. The summed E-state index contributed by atoms with van der Waals surface area (Å²) in [4.78, 5) is 0. The Hall–Kier alpha value is -2.01. The van der Waals surface area contributed by atoms with E-state index in [0.717, 1.165) is 17.5 Å². The number of ether oxygens (including phenoxy) is 1. The number of hydrogen-bond donors (Lipinski definition) is 1. The molecule has 0 spiro atoms. The SMILES string of the molecule is CC(C)Cc1ccc(-c2ccc(OC(F)(F)F)c(CO)c2)cc1. The molecule has 5 heteroatoms. The van der Waals surface area contributed by atoms with E-state index in [4.69, 9.17) is 0 Å². The quantitative estimate of drug-likeness (QED) is 0.844. The molecule has 0 unspecified atom stereocenters. The fourth-order valence-corrected chi connectivity index (χ4v) is 2.41. The molecule has 2 aromatic carbocycles. The van der Waals surface area contributed by atoms with Gasteiger partial charge in [0.2, 0.25) is 0 Å². The van der Waals surface area contributed by atoms with E-state index in [1.165, 1.54) is 17.7 Å². The maximum atomic E-state index is 12.3. The smallest absolute Gasteiger partial charge is 0.405 e. The zero-order valence-electron chi connectivity index (χ0n) is 13.0. The van der Waals surface area contributed by atoms with Crippen LogP contribution in [0.3, 0.4) is 0 Å². The van der Waals surface area contributed by atoms with Crippen LogP contribution in [0.5, 0.6) is 5.75 Å². The first-order valence-corrected chi connectivity index (χ1v) is 7.37. The second-order valence-corrected chi connectivity index (χ2v) is 5.82. The Morgan fingerprint density at radius 2 is 1.61 bits per heavy atom. The summed E-state index contributed by atoms with van der Waals surface area (Å²) >= 11 is 0. The van der Waals surface area contributed by atoms with Crippen LogP contribution in [0.15, 0.2) is 42.5 Å². The molecule has 0 fully saturated rings. The van der Waals surface area contributed by atoms with Crippen molar-refractivity contribution in [1.82, 2.24) is 0 Å². The Labute approximate surface area is 133 Å². The number of hydrogen-bond acceptors (Lipinski definition) is 2. The molecule has 124 valence electrons. The summed E-state index contributed by atoms with van der Waals surface area (Å²) in [6, 6.07) is 12.2. The van der Waals surface area contributed by atoms with Gasteiger partial charge in [0, 0.05) is 5.56 Å². The Kier molecular flexibility index (Phi) is 5.31. The van der Waals surface area contributed by atoms with Gasteiger partial charge in [-0.1, -0.05) is 44.2 Å². The third-order valence-corrected chi connectivity index (χ3v) is 3.39. The molecule has 23 heavy (non-hydrogen) atoms. The molecule has 0 radical (unpaired) electrons. The number of aliphatic hydroxyl groups is 1. The summed E-state index contributed by atoms with van der Waals surface area (Å²) < 4.78 is 40.9. The fourth-order valence-electron chi connectivity index (χ4n) is 2.41. The molecule has 0 atom stereocenters. The van der Waals surface area contributed by atoms with Gasteiger partial charge in [-0.05, 0) is 41.2 Å². The van der Waals surface area contributed by atoms with Crippen molar-refractivity contribution in [1.29, 1.82) is 0 Å². The molecule has 0 heterocycles. The fraction of sp³-hybridized carbons (Fsp3) is 0.333. The lowest BCUT2D eigenvalue weighted by atomic mass is 9.98. The van der Waals surface area contributed by atoms with Crippen LogP contribution in [0, 0.1) is 5.92 Å².